The molecule has 0 spiro atoms. The number of rotatable bonds is 4. The van der Waals surface area contributed by atoms with E-state index in [0.29, 0.717) is 6.20 Å². The maximum absolute atomic E-state index is 12.6. The number of ether oxygens (including phenoxy) is 1. The van der Waals surface area contributed by atoms with Crippen LogP contribution in [0.25, 0.3) is 0 Å². The second kappa shape index (κ2) is 5.36. The molecule has 1 aromatic rings. The first-order valence-corrected chi connectivity index (χ1v) is 6.30. The predicted octanol–water partition coefficient (Wildman–Crippen LogP) is 0.843. The molecule has 0 saturated carbocycles. The van der Waals surface area contributed by atoms with E-state index >= 15 is 0 Å². The molecule has 0 amide bonds. The van der Waals surface area contributed by atoms with Crippen LogP contribution < -0.4 is 5.14 Å². The predicted molar refractivity (Wildman–Crippen MR) is 56.5 cm³/mol. The van der Waals surface area contributed by atoms with Crippen molar-refractivity contribution >= 4 is 16.0 Å². The molecule has 0 aliphatic rings. The number of hydrogen-bond acceptors (Lipinski definition) is 5. The SMILES string of the molecule is CCOC(=O)c1cc(S(N)(=O)=O)cnc1C(F)F. The molecule has 0 aliphatic carbocycles. The number of hydrogen-bond donors (Lipinski definition) is 1. The minimum atomic E-state index is -4.13. The van der Waals surface area contributed by atoms with Crippen LogP contribution in [0, 0.1) is 0 Å². The molecule has 9 heteroatoms. The van der Waals surface area contributed by atoms with E-state index in [1.807, 2.05) is 0 Å². The number of nitrogens with two attached hydrogens (primary N) is 1. The Hall–Kier alpha value is -1.61. The summed E-state index contributed by atoms with van der Waals surface area (Å²) in [5.41, 5.74) is -1.46. The molecular weight excluding hydrogens is 270 g/mol. The molecule has 100 valence electrons. The second-order valence-corrected chi connectivity index (χ2v) is 4.73. The first-order valence-electron chi connectivity index (χ1n) is 4.75. The van der Waals surface area contributed by atoms with Crippen LogP contribution in [0.4, 0.5) is 8.78 Å². The fourth-order valence-electron chi connectivity index (χ4n) is 1.16. The highest BCUT2D eigenvalue weighted by Gasteiger charge is 2.23. The van der Waals surface area contributed by atoms with Crippen molar-refractivity contribution in [3.8, 4) is 0 Å². The number of halogens is 2. The van der Waals surface area contributed by atoms with Gasteiger partial charge in [-0.3, -0.25) is 4.98 Å². The van der Waals surface area contributed by atoms with Gasteiger partial charge < -0.3 is 4.74 Å². The van der Waals surface area contributed by atoms with E-state index < -0.39 is 38.6 Å². The summed E-state index contributed by atoms with van der Waals surface area (Å²) in [7, 11) is -4.13. The largest absolute Gasteiger partial charge is 0.462 e. The monoisotopic (exact) mass is 280 g/mol. The molecule has 0 unspecified atom stereocenters. The van der Waals surface area contributed by atoms with Gasteiger partial charge >= 0.3 is 5.97 Å². The summed E-state index contributed by atoms with van der Waals surface area (Å²) >= 11 is 0. The van der Waals surface area contributed by atoms with Crippen LogP contribution in [-0.4, -0.2) is 26.0 Å². The lowest BCUT2D eigenvalue weighted by atomic mass is 10.2. The molecule has 2 N–H and O–H groups in total. The summed E-state index contributed by atoms with van der Waals surface area (Å²) in [6, 6.07) is 0.724. The van der Waals surface area contributed by atoms with Gasteiger partial charge in [0.2, 0.25) is 10.0 Å². The summed E-state index contributed by atoms with van der Waals surface area (Å²) in [6.45, 7) is 1.44. The van der Waals surface area contributed by atoms with Gasteiger partial charge in [-0.25, -0.2) is 27.1 Å². The Bertz CT molecular complexity index is 560. The van der Waals surface area contributed by atoms with Gasteiger partial charge in [-0.1, -0.05) is 0 Å². The lowest BCUT2D eigenvalue weighted by Gasteiger charge is -2.08. The molecule has 1 heterocycles. The Morgan fingerprint density at radius 2 is 2.17 bits per heavy atom. The zero-order chi connectivity index (χ0) is 13.9. The Balaban J connectivity index is 3.38. The van der Waals surface area contributed by atoms with Crippen molar-refractivity contribution in [2.75, 3.05) is 6.61 Å². The van der Waals surface area contributed by atoms with Crippen LogP contribution >= 0.6 is 0 Å². The lowest BCUT2D eigenvalue weighted by Crippen LogP contribution is -2.16. The van der Waals surface area contributed by atoms with E-state index in [-0.39, 0.29) is 6.61 Å². The Kier molecular flexibility index (Phi) is 4.30. The molecule has 1 rings (SSSR count). The van der Waals surface area contributed by atoms with E-state index in [4.69, 9.17) is 5.14 Å². The maximum Gasteiger partial charge on any atom is 0.340 e. The molecule has 6 nitrogen and oxygen atoms in total. The van der Waals surface area contributed by atoms with Gasteiger partial charge in [0.15, 0.2) is 0 Å². The van der Waals surface area contributed by atoms with Crippen LogP contribution in [0.15, 0.2) is 17.2 Å². The number of primary sulfonamides is 1. The lowest BCUT2D eigenvalue weighted by molar-refractivity contribution is 0.0513. The molecule has 0 aliphatic heterocycles. The van der Waals surface area contributed by atoms with Crippen molar-refractivity contribution in [1.82, 2.24) is 4.98 Å². The van der Waals surface area contributed by atoms with Crippen molar-refractivity contribution in [2.24, 2.45) is 5.14 Å². The van der Waals surface area contributed by atoms with Crippen LogP contribution in [-0.2, 0) is 14.8 Å². The fourth-order valence-corrected chi connectivity index (χ4v) is 1.64. The Labute approximate surface area is 102 Å². The molecule has 0 bridgehead atoms. The number of sulfonamides is 1. The quantitative estimate of drug-likeness (QED) is 0.824. The summed E-state index contributed by atoms with van der Waals surface area (Å²) in [4.78, 5) is 14.1. The zero-order valence-electron chi connectivity index (χ0n) is 9.26. The van der Waals surface area contributed by atoms with Gasteiger partial charge in [-0.15, -0.1) is 0 Å². The minimum absolute atomic E-state index is 0.0406. The summed E-state index contributed by atoms with van der Waals surface area (Å²) in [6.07, 6.45) is -2.36. The van der Waals surface area contributed by atoms with E-state index in [1.165, 1.54) is 6.92 Å². The highest BCUT2D eigenvalue weighted by atomic mass is 32.2. The first kappa shape index (κ1) is 14.5. The van der Waals surface area contributed by atoms with Gasteiger partial charge in [-0.05, 0) is 13.0 Å². The number of pyridine rings is 1. The van der Waals surface area contributed by atoms with E-state index in [2.05, 4.69) is 9.72 Å². The minimum Gasteiger partial charge on any atom is -0.462 e. The fraction of sp³-hybridized carbons (Fsp3) is 0.333. The standard InChI is InChI=1S/C9H10F2N2O4S/c1-2-17-9(14)6-3-5(18(12,15)16)4-13-7(6)8(10)11/h3-4,8H,2H2,1H3,(H2,12,15,16). The smallest absolute Gasteiger partial charge is 0.340 e. The molecule has 18 heavy (non-hydrogen) atoms. The van der Waals surface area contributed by atoms with Gasteiger partial charge in [0.05, 0.1) is 12.2 Å². The number of esters is 1. The highest BCUT2D eigenvalue weighted by Crippen LogP contribution is 2.23. The van der Waals surface area contributed by atoms with Crippen molar-refractivity contribution in [1.29, 1.82) is 0 Å². The summed E-state index contributed by atoms with van der Waals surface area (Å²) < 4.78 is 51.8. The number of alkyl halides is 2. The zero-order valence-corrected chi connectivity index (χ0v) is 10.1. The third kappa shape index (κ3) is 3.20. The normalized spacial score (nSPS) is 11.6. The Morgan fingerprint density at radius 3 is 2.61 bits per heavy atom. The van der Waals surface area contributed by atoms with Crippen LogP contribution in [0.2, 0.25) is 0 Å². The molecule has 0 fully saturated rings. The van der Waals surface area contributed by atoms with Gasteiger partial charge in [0, 0.05) is 6.20 Å². The molecule has 0 saturated heterocycles. The number of nitrogens with zero attached hydrogens (tertiary/aromatic N) is 1. The van der Waals surface area contributed by atoms with Crippen molar-refractivity contribution in [2.45, 2.75) is 18.2 Å². The second-order valence-electron chi connectivity index (χ2n) is 3.17. The molecule has 0 atom stereocenters. The molecular formula is C9H10F2N2O4S. The van der Waals surface area contributed by atoms with Gasteiger partial charge in [0.25, 0.3) is 6.43 Å². The topological polar surface area (TPSA) is 99.4 Å². The molecule has 0 aromatic carbocycles. The molecule has 1 aromatic heterocycles. The molecule has 0 radical (unpaired) electrons. The van der Waals surface area contributed by atoms with Gasteiger partial charge in [-0.2, -0.15) is 0 Å². The average molecular weight is 280 g/mol. The van der Waals surface area contributed by atoms with Crippen LogP contribution in [0.5, 0.6) is 0 Å². The highest BCUT2D eigenvalue weighted by molar-refractivity contribution is 7.89. The Morgan fingerprint density at radius 1 is 1.56 bits per heavy atom. The van der Waals surface area contributed by atoms with Crippen LogP contribution in [0.3, 0.4) is 0 Å². The first-order chi connectivity index (χ1) is 8.27. The van der Waals surface area contributed by atoms with Crippen molar-refractivity contribution in [3.05, 3.63) is 23.5 Å². The van der Waals surface area contributed by atoms with E-state index in [0.717, 1.165) is 6.07 Å². The van der Waals surface area contributed by atoms with Gasteiger partial charge in [0.1, 0.15) is 10.6 Å². The number of aromatic nitrogens is 1. The van der Waals surface area contributed by atoms with E-state index in [1.54, 1.807) is 0 Å². The summed E-state index contributed by atoms with van der Waals surface area (Å²) in [5, 5.41) is 4.82. The van der Waals surface area contributed by atoms with E-state index in [9.17, 15) is 22.0 Å². The van der Waals surface area contributed by atoms with Crippen molar-refractivity contribution < 1.29 is 26.7 Å². The number of carbonyl (C=O) groups excluding carboxylic acids is 1. The third-order valence-electron chi connectivity index (χ3n) is 1.92. The average Bonchev–Trinajstić information content (AvgIpc) is 2.27. The third-order valence-corrected chi connectivity index (χ3v) is 2.80. The number of carbonyl (C=O) groups is 1. The van der Waals surface area contributed by atoms with Crippen molar-refractivity contribution in [3.63, 3.8) is 0 Å². The summed E-state index contributed by atoms with van der Waals surface area (Å²) in [5.74, 6) is -1.08. The van der Waals surface area contributed by atoms with Crippen LogP contribution in [0.1, 0.15) is 29.4 Å². The maximum atomic E-state index is 12.6.